The van der Waals surface area contributed by atoms with Crippen LogP contribution < -0.4 is 21.7 Å². The van der Waals surface area contributed by atoms with Gasteiger partial charge in [0.25, 0.3) is 5.91 Å². The van der Waals surface area contributed by atoms with E-state index < -0.39 is 35.8 Å². The molecule has 0 aliphatic carbocycles. The number of aldehydes is 1. The van der Waals surface area contributed by atoms with E-state index >= 15 is 0 Å². The Morgan fingerprint density at radius 2 is 1.76 bits per heavy atom. The number of hydrogen-bond acceptors (Lipinski definition) is 7. The van der Waals surface area contributed by atoms with Crippen LogP contribution in [0.5, 0.6) is 0 Å². The van der Waals surface area contributed by atoms with Crippen molar-refractivity contribution in [1.82, 2.24) is 20.2 Å². The van der Waals surface area contributed by atoms with Crippen LogP contribution in [0, 0.1) is 0 Å². The van der Waals surface area contributed by atoms with Gasteiger partial charge in [0.05, 0.1) is 35.0 Å². The highest BCUT2D eigenvalue weighted by Crippen LogP contribution is 2.44. The maximum Gasteiger partial charge on any atom is 0.303 e. The Kier molecular flexibility index (Phi) is 12.5. The van der Waals surface area contributed by atoms with E-state index in [1.807, 2.05) is 44.2 Å². The predicted octanol–water partition coefficient (Wildman–Crippen LogP) is 3.17. The number of amides is 3. The number of carboxylic acid groups (broad SMARTS) is 1. The fourth-order valence-electron chi connectivity index (χ4n) is 4.97. The third-order valence-corrected chi connectivity index (χ3v) is 6.88. The Hall–Kier alpha value is -5.33. The SMILES string of the molecule is CC(=O)NC(CCCN=CN)C(=O)Nc1c(-c2ccccn2)c(-c2ccccc2)n(C(C)C)c1C(=O)NC(C=O)CCC(=O)O. The van der Waals surface area contributed by atoms with Crippen LogP contribution in [0.4, 0.5) is 5.69 Å². The first-order chi connectivity index (χ1) is 21.6. The largest absolute Gasteiger partial charge is 0.481 e. The Morgan fingerprint density at radius 3 is 2.33 bits per heavy atom. The zero-order valence-corrected chi connectivity index (χ0v) is 25.5. The number of rotatable bonds is 16. The monoisotopic (exact) mass is 617 g/mol. The van der Waals surface area contributed by atoms with Crippen LogP contribution in [-0.2, 0) is 19.2 Å². The number of benzene rings is 1. The van der Waals surface area contributed by atoms with Crippen LogP contribution >= 0.6 is 0 Å². The van der Waals surface area contributed by atoms with Crippen LogP contribution in [0.2, 0.25) is 0 Å². The molecule has 2 aromatic heterocycles. The average molecular weight is 618 g/mol. The summed E-state index contributed by atoms with van der Waals surface area (Å²) in [6.45, 7) is 5.39. The van der Waals surface area contributed by atoms with Gasteiger partial charge < -0.3 is 36.2 Å². The first kappa shape index (κ1) is 34.2. The quantitative estimate of drug-likeness (QED) is 0.0699. The molecule has 0 radical (unpaired) electrons. The summed E-state index contributed by atoms with van der Waals surface area (Å²) in [5, 5.41) is 17.4. The van der Waals surface area contributed by atoms with Gasteiger partial charge in [-0.2, -0.15) is 0 Å². The molecule has 0 fully saturated rings. The molecule has 13 heteroatoms. The lowest BCUT2D eigenvalue weighted by molar-refractivity contribution is -0.137. The summed E-state index contributed by atoms with van der Waals surface area (Å²) in [5.41, 5.74) is 7.74. The summed E-state index contributed by atoms with van der Waals surface area (Å²) in [5.74, 6) is -2.81. The smallest absolute Gasteiger partial charge is 0.303 e. The number of aliphatic imine (C=N–C) groups is 1. The van der Waals surface area contributed by atoms with E-state index in [4.69, 9.17) is 10.8 Å². The molecule has 3 rings (SSSR count). The molecule has 3 amide bonds. The lowest BCUT2D eigenvalue weighted by Gasteiger charge is -2.20. The van der Waals surface area contributed by atoms with Crippen LogP contribution in [0.15, 0.2) is 59.7 Å². The summed E-state index contributed by atoms with van der Waals surface area (Å²) >= 11 is 0. The van der Waals surface area contributed by atoms with Crippen molar-refractivity contribution in [2.24, 2.45) is 10.7 Å². The van der Waals surface area contributed by atoms with Crippen molar-refractivity contribution in [3.8, 4) is 22.5 Å². The third kappa shape index (κ3) is 9.08. The molecule has 45 heavy (non-hydrogen) atoms. The van der Waals surface area contributed by atoms with Crippen molar-refractivity contribution in [3.05, 3.63) is 60.4 Å². The second kappa shape index (κ2) is 16.5. The molecule has 6 N–H and O–H groups in total. The van der Waals surface area contributed by atoms with Crippen LogP contribution in [-0.4, -0.2) is 69.6 Å². The molecule has 0 saturated heterocycles. The van der Waals surface area contributed by atoms with E-state index in [0.717, 1.165) is 5.56 Å². The fraction of sp³-hybridized carbons (Fsp3) is 0.344. The van der Waals surface area contributed by atoms with Crippen molar-refractivity contribution < 1.29 is 29.1 Å². The zero-order chi connectivity index (χ0) is 32.9. The molecule has 13 nitrogen and oxygen atoms in total. The van der Waals surface area contributed by atoms with Gasteiger partial charge in [-0.3, -0.25) is 29.2 Å². The summed E-state index contributed by atoms with van der Waals surface area (Å²) < 4.78 is 1.76. The Bertz CT molecular complexity index is 1520. The van der Waals surface area contributed by atoms with Crippen molar-refractivity contribution in [2.45, 2.75) is 64.6 Å². The van der Waals surface area contributed by atoms with Gasteiger partial charge in [-0.1, -0.05) is 36.4 Å². The van der Waals surface area contributed by atoms with Gasteiger partial charge in [0.15, 0.2) is 0 Å². The molecule has 0 spiro atoms. The maximum atomic E-state index is 14.1. The standard InChI is InChI=1S/C32H39N7O6/c1-20(2)39-29(22-10-5-4-6-11-22)27(24-12-7-8-17-35-24)28(30(39)32(45)37-23(18-40)14-15-26(42)43)38-31(44)25(36-21(3)41)13-9-16-34-19-33/h4-8,10-12,17-20,23,25H,9,13-16H2,1-3H3,(H2,33,34)(H,36,41)(H,37,45)(H,38,44)(H,42,43). The molecule has 238 valence electrons. The van der Waals surface area contributed by atoms with E-state index in [0.29, 0.717) is 36.2 Å². The Morgan fingerprint density at radius 1 is 1.04 bits per heavy atom. The van der Waals surface area contributed by atoms with E-state index in [1.165, 1.54) is 13.3 Å². The molecular weight excluding hydrogens is 578 g/mol. The highest BCUT2D eigenvalue weighted by molar-refractivity contribution is 6.12. The Balaban J connectivity index is 2.28. The van der Waals surface area contributed by atoms with Gasteiger partial charge in [-0.15, -0.1) is 0 Å². The zero-order valence-electron chi connectivity index (χ0n) is 25.5. The lowest BCUT2D eigenvalue weighted by Crippen LogP contribution is -2.43. The minimum absolute atomic E-state index is 0.0364. The van der Waals surface area contributed by atoms with Gasteiger partial charge in [-0.25, -0.2) is 0 Å². The summed E-state index contributed by atoms with van der Waals surface area (Å²) in [6, 6.07) is 12.2. The van der Waals surface area contributed by atoms with Crippen LogP contribution in [0.3, 0.4) is 0 Å². The number of aliphatic carboxylic acids is 1. The first-order valence-electron chi connectivity index (χ1n) is 14.6. The maximum absolute atomic E-state index is 14.1. The van der Waals surface area contributed by atoms with Gasteiger partial charge >= 0.3 is 5.97 Å². The number of nitrogens with zero attached hydrogens (tertiary/aromatic N) is 3. The number of carboxylic acids is 1. The second-order valence-electron chi connectivity index (χ2n) is 10.6. The summed E-state index contributed by atoms with van der Waals surface area (Å²) in [7, 11) is 0. The summed E-state index contributed by atoms with van der Waals surface area (Å²) in [4.78, 5) is 71.6. The number of carbonyl (C=O) groups is 5. The number of nitrogens with one attached hydrogen (secondary N) is 3. The molecule has 0 aliphatic heterocycles. The van der Waals surface area contributed by atoms with Gasteiger partial charge in [-0.05, 0) is 50.8 Å². The van der Waals surface area contributed by atoms with Gasteiger partial charge in [0.2, 0.25) is 11.8 Å². The number of pyridine rings is 1. The number of aromatic nitrogens is 2. The number of carbonyl (C=O) groups excluding carboxylic acids is 4. The normalized spacial score (nSPS) is 12.4. The predicted molar refractivity (Wildman–Crippen MR) is 171 cm³/mol. The lowest BCUT2D eigenvalue weighted by atomic mass is 10.0. The van der Waals surface area contributed by atoms with E-state index in [1.54, 1.807) is 29.0 Å². The minimum Gasteiger partial charge on any atom is -0.481 e. The molecule has 1 aromatic carbocycles. The Labute approximate surface area is 261 Å². The third-order valence-electron chi connectivity index (χ3n) is 6.88. The van der Waals surface area contributed by atoms with Crippen molar-refractivity contribution >= 4 is 42.0 Å². The molecule has 0 aliphatic rings. The molecule has 0 saturated carbocycles. The highest BCUT2D eigenvalue weighted by Gasteiger charge is 2.33. The molecular formula is C32H39N7O6. The van der Waals surface area contributed by atoms with Gasteiger partial charge in [0, 0.05) is 32.1 Å². The number of nitrogens with two attached hydrogens (primary N) is 1. The molecule has 2 atom stereocenters. The summed E-state index contributed by atoms with van der Waals surface area (Å²) in [6.07, 6.45) is 3.47. The highest BCUT2D eigenvalue weighted by atomic mass is 16.4. The topological polar surface area (TPSA) is 198 Å². The van der Waals surface area contributed by atoms with Crippen LogP contribution in [0.1, 0.15) is 63.0 Å². The van der Waals surface area contributed by atoms with Gasteiger partial charge in [0.1, 0.15) is 18.0 Å². The average Bonchev–Trinajstić information content (AvgIpc) is 3.36. The molecule has 3 aromatic rings. The van der Waals surface area contributed by atoms with E-state index in [9.17, 15) is 24.0 Å². The van der Waals surface area contributed by atoms with Crippen molar-refractivity contribution in [2.75, 3.05) is 11.9 Å². The van der Waals surface area contributed by atoms with E-state index in [2.05, 4.69) is 25.9 Å². The van der Waals surface area contributed by atoms with Crippen molar-refractivity contribution in [1.29, 1.82) is 0 Å². The molecule has 2 unspecified atom stereocenters. The number of hydrogen-bond donors (Lipinski definition) is 5. The fourth-order valence-corrected chi connectivity index (χ4v) is 4.97. The first-order valence-corrected chi connectivity index (χ1v) is 14.6. The van der Waals surface area contributed by atoms with Crippen LogP contribution in [0.25, 0.3) is 22.5 Å². The number of anilines is 1. The second-order valence-corrected chi connectivity index (χ2v) is 10.6. The van der Waals surface area contributed by atoms with Crippen molar-refractivity contribution in [3.63, 3.8) is 0 Å². The minimum atomic E-state index is -1.11. The molecule has 0 bridgehead atoms. The van der Waals surface area contributed by atoms with E-state index in [-0.39, 0.29) is 36.7 Å². The molecule has 2 heterocycles.